The van der Waals surface area contributed by atoms with Gasteiger partial charge in [-0.25, -0.2) is 9.18 Å². The summed E-state index contributed by atoms with van der Waals surface area (Å²) < 4.78 is 18.7. The molecule has 1 aromatic heterocycles. The number of nitrogens with zero attached hydrogens (tertiary/aromatic N) is 1. The zero-order valence-electron chi connectivity index (χ0n) is 20.9. The minimum Gasteiger partial charge on any atom is -0.461 e. The number of Topliss-reactive ketones (excluding diaryl/α,β-unsaturated/α-hetero) is 1. The summed E-state index contributed by atoms with van der Waals surface area (Å²) in [6.45, 7) is 2.01. The van der Waals surface area contributed by atoms with Crippen molar-refractivity contribution in [3.8, 4) is 0 Å². The van der Waals surface area contributed by atoms with E-state index in [1.54, 1.807) is 24.3 Å². The number of ketones is 1. The summed E-state index contributed by atoms with van der Waals surface area (Å²) >= 11 is 0. The van der Waals surface area contributed by atoms with Crippen LogP contribution in [0.2, 0.25) is 0 Å². The Balaban J connectivity index is 1.86. The maximum atomic E-state index is 13.6. The summed E-state index contributed by atoms with van der Waals surface area (Å²) in [5, 5.41) is 2.63. The van der Waals surface area contributed by atoms with Gasteiger partial charge in [0.05, 0.1) is 30.8 Å². The smallest absolute Gasteiger partial charge is 0.345 e. The van der Waals surface area contributed by atoms with Crippen LogP contribution >= 0.6 is 0 Å². The van der Waals surface area contributed by atoms with Crippen LogP contribution in [0.1, 0.15) is 68.7 Å². The fourth-order valence-electron chi connectivity index (χ4n) is 3.58. The Labute approximate surface area is 214 Å². The molecule has 0 aliphatic rings. The number of esters is 1. The number of primary amides is 1. The second-order valence-corrected chi connectivity index (χ2v) is 8.77. The first-order chi connectivity index (χ1) is 17.7. The molecule has 4 N–H and O–H groups in total. The highest BCUT2D eigenvalue weighted by atomic mass is 19.1. The molecular formula is C26H33FN4O6. The Morgan fingerprint density at radius 1 is 1.05 bits per heavy atom. The first-order valence-corrected chi connectivity index (χ1v) is 12.3. The molecule has 2 rings (SSSR count). The highest BCUT2D eigenvalue weighted by molar-refractivity contribution is 5.93. The molecule has 0 bridgehead atoms. The molecule has 1 heterocycles. The van der Waals surface area contributed by atoms with E-state index < -0.39 is 35.8 Å². The van der Waals surface area contributed by atoms with Gasteiger partial charge in [0.1, 0.15) is 6.61 Å². The zero-order valence-corrected chi connectivity index (χ0v) is 20.9. The number of ether oxygens (including phenoxy) is 1. The van der Waals surface area contributed by atoms with Crippen LogP contribution in [0.4, 0.5) is 4.39 Å². The number of aromatic nitrogens is 2. The standard InChI is InChI=1S/C26H33FN4O6/c1-2-3-4-5-6-7-24(34)30-21(13-23(28)33)22(32)12-17-8-10-18(11-9-17)16-37-25(35)14-20-19(27)15-29-26(36)31-20/h8-11,15,21H,2-7,12-14,16H2,1H3,(H2,28,33)(H,30,34)(H,29,31,36)/t21-/m1/s1. The van der Waals surface area contributed by atoms with Crippen molar-refractivity contribution in [3.63, 3.8) is 0 Å². The van der Waals surface area contributed by atoms with Gasteiger partial charge in [0, 0.05) is 12.8 Å². The summed E-state index contributed by atoms with van der Waals surface area (Å²) in [5.41, 5.74) is 5.55. The fraction of sp³-hybridized carbons (Fsp3) is 0.462. The summed E-state index contributed by atoms with van der Waals surface area (Å²) in [7, 11) is 0. The summed E-state index contributed by atoms with van der Waals surface area (Å²) in [6.07, 6.45) is 5.15. The number of nitrogens with two attached hydrogens (primary N) is 1. The van der Waals surface area contributed by atoms with Crippen LogP contribution in [0, 0.1) is 5.82 Å². The summed E-state index contributed by atoms with van der Waals surface area (Å²) in [5.74, 6) is -2.87. The normalized spacial score (nSPS) is 11.5. The summed E-state index contributed by atoms with van der Waals surface area (Å²) in [6, 6.07) is 5.64. The molecule has 10 nitrogen and oxygen atoms in total. The Hall–Kier alpha value is -3.89. The highest BCUT2D eigenvalue weighted by Crippen LogP contribution is 2.11. The van der Waals surface area contributed by atoms with Gasteiger partial charge in [-0.15, -0.1) is 0 Å². The minimum atomic E-state index is -0.999. The highest BCUT2D eigenvalue weighted by Gasteiger charge is 2.23. The van der Waals surface area contributed by atoms with Crippen LogP contribution in [0.25, 0.3) is 0 Å². The lowest BCUT2D eigenvalue weighted by atomic mass is 10.00. The van der Waals surface area contributed by atoms with E-state index in [0.717, 1.165) is 31.9 Å². The predicted octanol–water partition coefficient (Wildman–Crippen LogP) is 2.03. The van der Waals surface area contributed by atoms with Crippen molar-refractivity contribution >= 4 is 23.6 Å². The number of hydrogen-bond acceptors (Lipinski definition) is 7. The fourth-order valence-corrected chi connectivity index (χ4v) is 3.58. The van der Waals surface area contributed by atoms with Gasteiger partial charge in [0.2, 0.25) is 11.8 Å². The topological polar surface area (TPSA) is 161 Å². The van der Waals surface area contributed by atoms with Gasteiger partial charge in [0.25, 0.3) is 0 Å². The Morgan fingerprint density at radius 2 is 1.73 bits per heavy atom. The SMILES string of the molecule is CCCCCCCC(=O)N[C@H](CC(N)=O)C(=O)Cc1ccc(COC(=O)Cc2[nH]c(=O)ncc2F)cc1. The van der Waals surface area contributed by atoms with Crippen LogP contribution in [0.5, 0.6) is 0 Å². The molecular weight excluding hydrogens is 483 g/mol. The van der Waals surface area contributed by atoms with Crippen LogP contribution in [0.15, 0.2) is 35.3 Å². The van der Waals surface area contributed by atoms with Crippen molar-refractivity contribution in [1.82, 2.24) is 15.3 Å². The number of amides is 2. The van der Waals surface area contributed by atoms with Crippen LogP contribution in [0.3, 0.4) is 0 Å². The van der Waals surface area contributed by atoms with E-state index in [9.17, 15) is 28.4 Å². The molecule has 1 atom stereocenters. The van der Waals surface area contributed by atoms with Crippen molar-refractivity contribution in [1.29, 1.82) is 0 Å². The monoisotopic (exact) mass is 516 g/mol. The summed E-state index contributed by atoms with van der Waals surface area (Å²) in [4.78, 5) is 65.0. The first-order valence-electron chi connectivity index (χ1n) is 12.3. The van der Waals surface area contributed by atoms with Crippen molar-refractivity contribution in [2.75, 3.05) is 0 Å². The lowest BCUT2D eigenvalue weighted by Gasteiger charge is -2.16. The molecule has 37 heavy (non-hydrogen) atoms. The molecule has 0 aliphatic heterocycles. The zero-order chi connectivity index (χ0) is 27.2. The van der Waals surface area contributed by atoms with Crippen LogP contribution in [-0.2, 0) is 43.4 Å². The third-order valence-electron chi connectivity index (χ3n) is 5.60. The van der Waals surface area contributed by atoms with Crippen molar-refractivity contribution in [2.45, 2.75) is 77.4 Å². The molecule has 0 saturated heterocycles. The minimum absolute atomic E-state index is 0.0243. The van der Waals surface area contributed by atoms with E-state index in [1.165, 1.54) is 0 Å². The lowest BCUT2D eigenvalue weighted by molar-refractivity contribution is -0.144. The second-order valence-electron chi connectivity index (χ2n) is 8.77. The average molecular weight is 517 g/mol. The third kappa shape index (κ3) is 11.1. The van der Waals surface area contributed by atoms with E-state index >= 15 is 0 Å². The molecule has 2 amide bonds. The second kappa shape index (κ2) is 15.3. The van der Waals surface area contributed by atoms with E-state index in [2.05, 4.69) is 22.2 Å². The average Bonchev–Trinajstić information content (AvgIpc) is 2.85. The number of hydrogen-bond donors (Lipinski definition) is 3. The number of unbranched alkanes of at least 4 members (excludes halogenated alkanes) is 4. The van der Waals surface area contributed by atoms with Gasteiger partial charge in [-0.2, -0.15) is 4.98 Å². The van der Waals surface area contributed by atoms with E-state index in [1.807, 2.05) is 0 Å². The molecule has 1 aromatic carbocycles. The number of carbonyl (C=O) groups is 4. The van der Waals surface area contributed by atoms with Gasteiger partial charge >= 0.3 is 11.7 Å². The number of nitrogens with one attached hydrogen (secondary N) is 2. The number of halogens is 1. The maximum absolute atomic E-state index is 13.6. The molecule has 0 radical (unpaired) electrons. The van der Waals surface area contributed by atoms with Gasteiger partial charge in [-0.1, -0.05) is 56.9 Å². The lowest BCUT2D eigenvalue weighted by Crippen LogP contribution is -2.44. The van der Waals surface area contributed by atoms with Crippen molar-refractivity contribution in [2.24, 2.45) is 5.73 Å². The molecule has 2 aromatic rings. The van der Waals surface area contributed by atoms with E-state index in [4.69, 9.17) is 10.5 Å². The molecule has 0 aliphatic carbocycles. The molecule has 11 heteroatoms. The van der Waals surface area contributed by atoms with Gasteiger partial charge < -0.3 is 20.8 Å². The predicted molar refractivity (Wildman–Crippen MR) is 133 cm³/mol. The van der Waals surface area contributed by atoms with E-state index in [0.29, 0.717) is 17.5 Å². The van der Waals surface area contributed by atoms with Crippen LogP contribution < -0.4 is 16.7 Å². The van der Waals surface area contributed by atoms with Crippen molar-refractivity contribution in [3.05, 3.63) is 63.6 Å². The number of benzene rings is 1. The number of carbonyl (C=O) groups excluding carboxylic acids is 4. The van der Waals surface area contributed by atoms with Gasteiger partial charge in [0.15, 0.2) is 11.6 Å². The van der Waals surface area contributed by atoms with Crippen LogP contribution in [-0.4, -0.2) is 39.6 Å². The van der Waals surface area contributed by atoms with Crippen molar-refractivity contribution < 1.29 is 28.3 Å². The largest absolute Gasteiger partial charge is 0.461 e. The third-order valence-corrected chi connectivity index (χ3v) is 5.60. The molecule has 200 valence electrons. The van der Waals surface area contributed by atoms with E-state index in [-0.39, 0.29) is 43.3 Å². The van der Waals surface area contributed by atoms with Gasteiger partial charge in [-0.05, 0) is 17.5 Å². The maximum Gasteiger partial charge on any atom is 0.345 e. The number of aromatic amines is 1. The number of H-pyrrole nitrogens is 1. The quantitative estimate of drug-likeness (QED) is 0.227. The Bertz CT molecular complexity index is 1130. The Kier molecular flexibility index (Phi) is 12.1. The molecule has 0 saturated carbocycles. The first kappa shape index (κ1) is 29.3. The molecule has 0 fully saturated rings. The number of rotatable bonds is 16. The molecule has 0 unspecified atom stereocenters. The Morgan fingerprint density at radius 3 is 2.41 bits per heavy atom. The molecule has 0 spiro atoms. The van der Waals surface area contributed by atoms with Gasteiger partial charge in [-0.3, -0.25) is 19.2 Å².